The fourth-order valence-electron chi connectivity index (χ4n) is 2.59. The molecule has 1 aliphatic rings. The predicted molar refractivity (Wildman–Crippen MR) is 69.2 cm³/mol. The van der Waals surface area contributed by atoms with Crippen LogP contribution in [0.4, 0.5) is 5.69 Å². The molecule has 0 amide bonds. The summed E-state index contributed by atoms with van der Waals surface area (Å²) in [4.78, 5) is 2.34. The molecule has 0 saturated heterocycles. The Morgan fingerprint density at radius 1 is 1.44 bits per heavy atom. The van der Waals surface area contributed by atoms with Gasteiger partial charge in [0.05, 0.1) is 12.8 Å². The fraction of sp³-hybridized carbons (Fsp3) is 0.357. The maximum absolute atomic E-state index is 5.30. The van der Waals surface area contributed by atoms with Crippen LogP contribution in [0.1, 0.15) is 24.1 Å². The maximum Gasteiger partial charge on any atom is 0.124 e. The highest BCUT2D eigenvalue weighted by atomic mass is 16.5. The molecule has 1 aromatic heterocycles. The molecule has 0 aliphatic carbocycles. The first-order valence-electron chi connectivity index (χ1n) is 6.16. The third-order valence-electron chi connectivity index (χ3n) is 3.55. The van der Waals surface area contributed by atoms with Gasteiger partial charge in [-0.05, 0) is 18.6 Å². The van der Waals surface area contributed by atoms with Crippen LogP contribution < -0.4 is 9.64 Å². The van der Waals surface area contributed by atoms with Crippen LogP contribution in [0.15, 0.2) is 35.1 Å². The van der Waals surface area contributed by atoms with Gasteiger partial charge in [0.15, 0.2) is 0 Å². The van der Waals surface area contributed by atoms with E-state index in [2.05, 4.69) is 29.1 Å². The average Bonchev–Trinajstić information content (AvgIpc) is 3.04. The molecule has 0 radical (unpaired) electrons. The number of anilines is 1. The van der Waals surface area contributed by atoms with E-state index in [1.54, 1.807) is 13.4 Å². The second kappa shape index (κ2) is 4.37. The molecule has 1 aliphatic heterocycles. The van der Waals surface area contributed by atoms with Gasteiger partial charge in [0.2, 0.25) is 0 Å². The summed E-state index contributed by atoms with van der Waals surface area (Å²) in [5, 5.41) is 4.08. The summed E-state index contributed by atoms with van der Waals surface area (Å²) >= 11 is 0. The van der Waals surface area contributed by atoms with Crippen molar-refractivity contribution >= 4 is 5.69 Å². The lowest BCUT2D eigenvalue weighted by atomic mass is 9.98. The van der Waals surface area contributed by atoms with Crippen LogP contribution in [0, 0.1) is 0 Å². The minimum absolute atomic E-state index is 0.296. The van der Waals surface area contributed by atoms with E-state index < -0.39 is 0 Å². The Morgan fingerprint density at radius 2 is 2.33 bits per heavy atom. The van der Waals surface area contributed by atoms with Gasteiger partial charge in [-0.25, -0.2) is 0 Å². The van der Waals surface area contributed by atoms with Crippen LogP contribution in [0.25, 0.3) is 0 Å². The van der Waals surface area contributed by atoms with Crippen molar-refractivity contribution in [3.63, 3.8) is 0 Å². The normalized spacial score (nSPS) is 17.9. The highest BCUT2D eigenvalue weighted by Crippen LogP contribution is 2.41. The van der Waals surface area contributed by atoms with Crippen LogP contribution in [0.5, 0.6) is 5.75 Å². The summed E-state index contributed by atoms with van der Waals surface area (Å²) < 4.78 is 10.3. The number of nitrogens with zero attached hydrogens (tertiary/aromatic N) is 2. The molecule has 0 saturated carbocycles. The number of methoxy groups -OCH3 is 1. The molecule has 4 nitrogen and oxygen atoms in total. The molecule has 94 valence electrons. The van der Waals surface area contributed by atoms with Gasteiger partial charge >= 0.3 is 0 Å². The van der Waals surface area contributed by atoms with Gasteiger partial charge in [0.25, 0.3) is 0 Å². The van der Waals surface area contributed by atoms with E-state index in [9.17, 15) is 0 Å². The van der Waals surface area contributed by atoms with Gasteiger partial charge < -0.3 is 14.2 Å². The SMILES string of the molecule is CCN1CC(c2ccon2)c2ccc(OC)cc21. The Bertz CT molecular complexity index is 537. The third kappa shape index (κ3) is 1.65. The van der Waals surface area contributed by atoms with Crippen molar-refractivity contribution in [3.8, 4) is 5.75 Å². The molecule has 1 unspecified atom stereocenters. The molecule has 0 spiro atoms. The first kappa shape index (κ1) is 11.1. The smallest absolute Gasteiger partial charge is 0.124 e. The zero-order valence-corrected chi connectivity index (χ0v) is 10.6. The summed E-state index contributed by atoms with van der Waals surface area (Å²) in [5.74, 6) is 1.19. The monoisotopic (exact) mass is 244 g/mol. The quantitative estimate of drug-likeness (QED) is 0.832. The molecule has 2 heterocycles. The molecule has 4 heteroatoms. The van der Waals surface area contributed by atoms with E-state index in [1.807, 2.05) is 12.1 Å². The minimum atomic E-state index is 0.296. The van der Waals surface area contributed by atoms with Crippen molar-refractivity contribution in [1.82, 2.24) is 5.16 Å². The average molecular weight is 244 g/mol. The third-order valence-corrected chi connectivity index (χ3v) is 3.55. The van der Waals surface area contributed by atoms with Gasteiger partial charge in [-0.1, -0.05) is 11.2 Å². The topological polar surface area (TPSA) is 38.5 Å². The zero-order chi connectivity index (χ0) is 12.5. The first-order chi connectivity index (χ1) is 8.83. The molecular weight excluding hydrogens is 228 g/mol. The lowest BCUT2D eigenvalue weighted by molar-refractivity contribution is 0.409. The van der Waals surface area contributed by atoms with Crippen molar-refractivity contribution < 1.29 is 9.26 Å². The number of aromatic nitrogens is 1. The Kier molecular flexibility index (Phi) is 2.70. The van der Waals surface area contributed by atoms with Crippen LogP contribution in [-0.4, -0.2) is 25.4 Å². The van der Waals surface area contributed by atoms with E-state index in [0.717, 1.165) is 24.5 Å². The second-order valence-corrected chi connectivity index (χ2v) is 4.44. The Labute approximate surface area is 106 Å². The van der Waals surface area contributed by atoms with Gasteiger partial charge in [0, 0.05) is 36.8 Å². The summed E-state index contributed by atoms with van der Waals surface area (Å²) in [7, 11) is 1.70. The highest BCUT2D eigenvalue weighted by molar-refractivity contribution is 5.64. The number of benzene rings is 1. The number of ether oxygens (including phenoxy) is 1. The number of fused-ring (bicyclic) bond motifs is 1. The number of hydrogen-bond acceptors (Lipinski definition) is 4. The van der Waals surface area contributed by atoms with Crippen molar-refractivity contribution in [2.24, 2.45) is 0 Å². The van der Waals surface area contributed by atoms with Crippen molar-refractivity contribution in [1.29, 1.82) is 0 Å². The molecule has 2 aromatic rings. The largest absolute Gasteiger partial charge is 0.497 e. The van der Waals surface area contributed by atoms with Gasteiger partial charge in [-0.15, -0.1) is 0 Å². The van der Waals surface area contributed by atoms with E-state index in [-0.39, 0.29) is 0 Å². The molecule has 1 aromatic carbocycles. The van der Waals surface area contributed by atoms with Crippen molar-refractivity contribution in [2.75, 3.05) is 25.1 Å². The molecule has 0 N–H and O–H groups in total. The van der Waals surface area contributed by atoms with E-state index >= 15 is 0 Å². The Hall–Kier alpha value is -1.97. The molecular formula is C14H16N2O2. The number of hydrogen-bond donors (Lipinski definition) is 0. The van der Waals surface area contributed by atoms with E-state index in [4.69, 9.17) is 9.26 Å². The summed E-state index contributed by atoms with van der Waals surface area (Å²) in [6.45, 7) is 4.09. The predicted octanol–water partition coefficient (Wildman–Crippen LogP) is 2.66. The molecule has 3 rings (SSSR count). The summed E-state index contributed by atoms with van der Waals surface area (Å²) in [5.41, 5.74) is 3.54. The van der Waals surface area contributed by atoms with Crippen LogP contribution in [0.3, 0.4) is 0 Å². The minimum Gasteiger partial charge on any atom is -0.497 e. The Morgan fingerprint density at radius 3 is 3.00 bits per heavy atom. The summed E-state index contributed by atoms with van der Waals surface area (Å²) in [6.07, 6.45) is 1.63. The highest BCUT2D eigenvalue weighted by Gasteiger charge is 2.30. The Balaban J connectivity index is 2.05. The van der Waals surface area contributed by atoms with E-state index in [0.29, 0.717) is 5.92 Å². The first-order valence-corrected chi connectivity index (χ1v) is 6.16. The van der Waals surface area contributed by atoms with Gasteiger partial charge in [0.1, 0.15) is 12.0 Å². The number of likely N-dealkylation sites (N-methyl/N-ethyl adjacent to an activating group) is 1. The molecule has 18 heavy (non-hydrogen) atoms. The van der Waals surface area contributed by atoms with Crippen LogP contribution >= 0.6 is 0 Å². The van der Waals surface area contributed by atoms with Gasteiger partial charge in [-0.3, -0.25) is 0 Å². The van der Waals surface area contributed by atoms with Crippen LogP contribution in [0.2, 0.25) is 0 Å². The second-order valence-electron chi connectivity index (χ2n) is 4.44. The molecule has 1 atom stereocenters. The van der Waals surface area contributed by atoms with Crippen LogP contribution in [-0.2, 0) is 0 Å². The number of rotatable bonds is 3. The maximum atomic E-state index is 5.30. The standard InChI is InChI=1S/C14H16N2O2/c1-3-16-9-12(13-6-7-18-15-13)11-5-4-10(17-2)8-14(11)16/h4-8,12H,3,9H2,1-2H3. The lowest BCUT2D eigenvalue weighted by Gasteiger charge is -2.17. The lowest BCUT2D eigenvalue weighted by Crippen LogP contribution is -2.21. The van der Waals surface area contributed by atoms with E-state index in [1.165, 1.54) is 11.3 Å². The van der Waals surface area contributed by atoms with Crippen molar-refractivity contribution in [3.05, 3.63) is 41.8 Å². The van der Waals surface area contributed by atoms with Crippen molar-refractivity contribution in [2.45, 2.75) is 12.8 Å². The molecule has 0 fully saturated rings. The summed E-state index contributed by atoms with van der Waals surface area (Å²) in [6, 6.07) is 8.17. The molecule has 0 bridgehead atoms. The van der Waals surface area contributed by atoms with Gasteiger partial charge in [-0.2, -0.15) is 0 Å². The fourth-order valence-corrected chi connectivity index (χ4v) is 2.59. The zero-order valence-electron chi connectivity index (χ0n) is 10.6.